The molecule has 0 aromatic heterocycles. The summed E-state index contributed by atoms with van der Waals surface area (Å²) in [4.78, 5) is 21.8. The van der Waals surface area contributed by atoms with Gasteiger partial charge in [0.2, 0.25) is 0 Å². The lowest BCUT2D eigenvalue weighted by Gasteiger charge is -2.06. The van der Waals surface area contributed by atoms with Crippen molar-refractivity contribution >= 4 is 12.0 Å². The number of methoxy groups -OCH3 is 1. The highest BCUT2D eigenvalue weighted by molar-refractivity contribution is 5.94. The van der Waals surface area contributed by atoms with E-state index in [4.69, 9.17) is 9.84 Å². The van der Waals surface area contributed by atoms with Gasteiger partial charge in [-0.3, -0.25) is 4.79 Å². The molecule has 0 saturated heterocycles. The minimum Gasteiger partial charge on any atom is -0.497 e. The number of benzene rings is 1. The minimum atomic E-state index is -1.06. The normalized spacial score (nSPS) is 9.61. The Kier molecular flexibility index (Phi) is 5.50. The Morgan fingerprint density at radius 2 is 1.78 bits per heavy atom. The van der Waals surface area contributed by atoms with Gasteiger partial charge in [0, 0.05) is 18.7 Å². The van der Waals surface area contributed by atoms with Crippen LogP contribution < -0.4 is 15.4 Å². The highest BCUT2D eigenvalue weighted by atomic mass is 16.5. The van der Waals surface area contributed by atoms with Crippen LogP contribution in [0.25, 0.3) is 0 Å². The van der Waals surface area contributed by atoms with Crippen molar-refractivity contribution in [2.24, 2.45) is 0 Å². The highest BCUT2D eigenvalue weighted by Gasteiger charge is 2.04. The second-order valence-corrected chi connectivity index (χ2v) is 3.57. The summed E-state index contributed by atoms with van der Waals surface area (Å²) in [6.07, 6.45) is -0.509. The maximum atomic E-state index is 11.7. The molecular formula is C12H16N2O4. The van der Waals surface area contributed by atoms with Crippen molar-refractivity contribution in [1.29, 1.82) is 0 Å². The second kappa shape index (κ2) is 7.16. The summed E-state index contributed by atoms with van der Waals surface area (Å²) >= 11 is 0. The Bertz CT molecular complexity index is 403. The Labute approximate surface area is 105 Å². The van der Waals surface area contributed by atoms with Crippen LogP contribution in [0.5, 0.6) is 5.75 Å². The van der Waals surface area contributed by atoms with Gasteiger partial charge in [-0.1, -0.05) is 0 Å². The molecule has 2 amide bonds. The molecule has 98 valence electrons. The van der Waals surface area contributed by atoms with Crippen molar-refractivity contribution in [2.75, 3.05) is 20.2 Å². The lowest BCUT2D eigenvalue weighted by Crippen LogP contribution is -2.29. The van der Waals surface area contributed by atoms with E-state index in [1.807, 2.05) is 0 Å². The number of nitrogens with one attached hydrogen (secondary N) is 2. The molecular weight excluding hydrogens is 236 g/mol. The number of hydrogen-bond donors (Lipinski definition) is 3. The zero-order valence-corrected chi connectivity index (χ0v) is 10.1. The van der Waals surface area contributed by atoms with E-state index >= 15 is 0 Å². The summed E-state index contributed by atoms with van der Waals surface area (Å²) in [5.74, 6) is 0.505. The zero-order valence-electron chi connectivity index (χ0n) is 10.1. The van der Waals surface area contributed by atoms with Crippen LogP contribution in [-0.4, -0.2) is 37.3 Å². The Morgan fingerprint density at radius 3 is 2.33 bits per heavy atom. The molecule has 0 unspecified atom stereocenters. The number of carbonyl (C=O) groups excluding carboxylic acids is 1. The summed E-state index contributed by atoms with van der Waals surface area (Å²) < 4.78 is 4.99. The topological polar surface area (TPSA) is 87.7 Å². The van der Waals surface area contributed by atoms with E-state index in [0.717, 1.165) is 0 Å². The molecule has 18 heavy (non-hydrogen) atoms. The van der Waals surface area contributed by atoms with E-state index in [9.17, 15) is 9.59 Å². The second-order valence-electron chi connectivity index (χ2n) is 3.57. The first kappa shape index (κ1) is 13.8. The average Bonchev–Trinajstić information content (AvgIpc) is 2.38. The van der Waals surface area contributed by atoms with Crippen molar-refractivity contribution in [3.63, 3.8) is 0 Å². The van der Waals surface area contributed by atoms with Crippen molar-refractivity contribution in [3.8, 4) is 5.75 Å². The molecule has 0 fully saturated rings. The van der Waals surface area contributed by atoms with Gasteiger partial charge in [-0.2, -0.15) is 0 Å². The number of carboxylic acid groups (broad SMARTS) is 1. The summed E-state index contributed by atoms with van der Waals surface area (Å²) in [5, 5.41) is 13.3. The molecule has 0 aliphatic rings. The maximum Gasteiger partial charge on any atom is 0.404 e. The van der Waals surface area contributed by atoms with Gasteiger partial charge < -0.3 is 20.5 Å². The first-order valence-electron chi connectivity index (χ1n) is 5.52. The number of carbonyl (C=O) groups is 2. The van der Waals surface area contributed by atoms with Crippen LogP contribution in [0.2, 0.25) is 0 Å². The van der Waals surface area contributed by atoms with Gasteiger partial charge in [-0.05, 0) is 30.7 Å². The summed E-state index contributed by atoms with van der Waals surface area (Å²) in [7, 11) is 1.56. The fourth-order valence-electron chi connectivity index (χ4n) is 1.33. The van der Waals surface area contributed by atoms with Gasteiger partial charge in [-0.15, -0.1) is 0 Å². The molecule has 3 N–H and O–H groups in total. The van der Waals surface area contributed by atoms with Crippen molar-refractivity contribution in [2.45, 2.75) is 6.42 Å². The predicted octanol–water partition coefficient (Wildman–Crippen LogP) is 1.08. The molecule has 6 nitrogen and oxygen atoms in total. The van der Waals surface area contributed by atoms with Gasteiger partial charge in [0.25, 0.3) is 5.91 Å². The largest absolute Gasteiger partial charge is 0.497 e. The summed E-state index contributed by atoms with van der Waals surface area (Å²) in [5.41, 5.74) is 0.544. The van der Waals surface area contributed by atoms with Crippen molar-refractivity contribution < 1.29 is 19.4 Å². The third kappa shape index (κ3) is 4.73. The fourth-order valence-corrected chi connectivity index (χ4v) is 1.33. The van der Waals surface area contributed by atoms with E-state index < -0.39 is 6.09 Å². The molecule has 0 bridgehead atoms. The minimum absolute atomic E-state index is 0.187. The summed E-state index contributed by atoms with van der Waals surface area (Å²) in [6, 6.07) is 6.76. The van der Waals surface area contributed by atoms with Gasteiger partial charge >= 0.3 is 6.09 Å². The maximum absolute atomic E-state index is 11.7. The third-order valence-corrected chi connectivity index (χ3v) is 2.27. The van der Waals surface area contributed by atoms with Gasteiger partial charge in [-0.25, -0.2) is 4.79 Å². The van der Waals surface area contributed by atoms with Gasteiger partial charge in [0.05, 0.1) is 7.11 Å². The Hall–Kier alpha value is -2.24. The van der Waals surface area contributed by atoms with Crippen molar-refractivity contribution in [1.82, 2.24) is 10.6 Å². The highest BCUT2D eigenvalue weighted by Crippen LogP contribution is 2.10. The third-order valence-electron chi connectivity index (χ3n) is 2.27. The SMILES string of the molecule is COc1ccc(C(=O)NCCCNC(=O)O)cc1. The molecule has 6 heteroatoms. The predicted molar refractivity (Wildman–Crippen MR) is 66.0 cm³/mol. The molecule has 0 spiro atoms. The van der Waals surface area contributed by atoms with E-state index in [2.05, 4.69) is 10.6 Å². The summed E-state index contributed by atoms with van der Waals surface area (Å²) in [6.45, 7) is 0.739. The molecule has 1 aromatic carbocycles. The quantitative estimate of drug-likeness (QED) is 0.661. The Morgan fingerprint density at radius 1 is 1.17 bits per heavy atom. The van der Waals surface area contributed by atoms with Crippen LogP contribution in [0.1, 0.15) is 16.8 Å². The molecule has 0 radical (unpaired) electrons. The number of amides is 2. The molecule has 0 aliphatic carbocycles. The van der Waals surface area contributed by atoms with Gasteiger partial charge in [0.1, 0.15) is 5.75 Å². The van der Waals surface area contributed by atoms with Gasteiger partial charge in [0.15, 0.2) is 0 Å². The van der Waals surface area contributed by atoms with Crippen LogP contribution in [0, 0.1) is 0 Å². The zero-order chi connectivity index (χ0) is 13.4. The molecule has 0 atom stereocenters. The average molecular weight is 252 g/mol. The fraction of sp³-hybridized carbons (Fsp3) is 0.333. The first-order chi connectivity index (χ1) is 8.63. The standard InChI is InChI=1S/C12H16N2O4/c1-18-10-5-3-9(4-6-10)11(15)13-7-2-8-14-12(16)17/h3-6,14H,2,7-8H2,1H3,(H,13,15)(H,16,17). The van der Waals surface area contributed by atoms with Crippen molar-refractivity contribution in [3.05, 3.63) is 29.8 Å². The number of rotatable bonds is 6. The smallest absolute Gasteiger partial charge is 0.404 e. The van der Waals surface area contributed by atoms with E-state index in [1.54, 1.807) is 31.4 Å². The number of hydrogen-bond acceptors (Lipinski definition) is 3. The lowest BCUT2D eigenvalue weighted by molar-refractivity contribution is 0.0953. The lowest BCUT2D eigenvalue weighted by atomic mass is 10.2. The van der Waals surface area contributed by atoms with E-state index in [0.29, 0.717) is 30.8 Å². The van der Waals surface area contributed by atoms with E-state index in [-0.39, 0.29) is 5.91 Å². The van der Waals surface area contributed by atoms with E-state index in [1.165, 1.54) is 0 Å². The molecule has 0 heterocycles. The van der Waals surface area contributed by atoms with Crippen LogP contribution in [0.4, 0.5) is 4.79 Å². The van der Waals surface area contributed by atoms with Crippen LogP contribution in [0.15, 0.2) is 24.3 Å². The molecule has 0 aliphatic heterocycles. The molecule has 1 aromatic rings. The first-order valence-corrected chi connectivity index (χ1v) is 5.52. The van der Waals surface area contributed by atoms with Crippen LogP contribution in [0.3, 0.4) is 0 Å². The van der Waals surface area contributed by atoms with Crippen LogP contribution in [-0.2, 0) is 0 Å². The van der Waals surface area contributed by atoms with Crippen LogP contribution >= 0.6 is 0 Å². The Balaban J connectivity index is 2.29. The number of ether oxygens (including phenoxy) is 1. The monoisotopic (exact) mass is 252 g/mol. The molecule has 1 rings (SSSR count). The molecule has 0 saturated carbocycles.